The van der Waals surface area contributed by atoms with Crippen molar-refractivity contribution in [2.45, 2.75) is 18.9 Å². The standard InChI is InChI=1S/C10H14O2/c1-9(2)4-5-10(11-3)6-7-12-8-10/h1,6-8H2,2-3H3. The highest BCUT2D eigenvalue weighted by Gasteiger charge is 2.32. The van der Waals surface area contributed by atoms with Gasteiger partial charge in [0.15, 0.2) is 5.60 Å². The molecule has 1 aliphatic rings. The van der Waals surface area contributed by atoms with Gasteiger partial charge in [-0.1, -0.05) is 18.4 Å². The summed E-state index contributed by atoms with van der Waals surface area (Å²) in [7, 11) is 1.67. The molecule has 2 nitrogen and oxygen atoms in total. The van der Waals surface area contributed by atoms with Crippen molar-refractivity contribution in [1.82, 2.24) is 0 Å². The van der Waals surface area contributed by atoms with Crippen LogP contribution in [-0.2, 0) is 9.47 Å². The first-order chi connectivity index (χ1) is 5.68. The molecule has 0 aliphatic carbocycles. The summed E-state index contributed by atoms with van der Waals surface area (Å²) in [6.45, 7) is 6.90. The van der Waals surface area contributed by atoms with Crippen LogP contribution >= 0.6 is 0 Å². The zero-order chi connectivity index (χ0) is 9.03. The summed E-state index contributed by atoms with van der Waals surface area (Å²) in [4.78, 5) is 0. The lowest BCUT2D eigenvalue weighted by Crippen LogP contribution is -2.29. The molecule has 0 aromatic rings. The lowest BCUT2D eigenvalue weighted by Gasteiger charge is -2.17. The summed E-state index contributed by atoms with van der Waals surface area (Å²) in [5.41, 5.74) is 0.484. The number of hydrogen-bond acceptors (Lipinski definition) is 2. The van der Waals surface area contributed by atoms with E-state index in [0.717, 1.165) is 18.6 Å². The number of methoxy groups -OCH3 is 1. The van der Waals surface area contributed by atoms with E-state index in [1.54, 1.807) is 7.11 Å². The van der Waals surface area contributed by atoms with E-state index < -0.39 is 0 Å². The molecule has 66 valence electrons. The second-order valence-electron chi connectivity index (χ2n) is 3.03. The SMILES string of the molecule is C=C(C)C#CC1(OC)CCOC1. The van der Waals surface area contributed by atoms with Gasteiger partial charge in [0.2, 0.25) is 0 Å². The Kier molecular flexibility index (Phi) is 2.91. The average Bonchev–Trinajstić information content (AvgIpc) is 2.50. The minimum Gasteiger partial charge on any atom is -0.377 e. The Morgan fingerprint density at radius 1 is 1.67 bits per heavy atom. The van der Waals surface area contributed by atoms with Gasteiger partial charge in [0.05, 0.1) is 13.2 Å². The Hall–Kier alpha value is -0.780. The maximum Gasteiger partial charge on any atom is 0.153 e. The molecule has 0 aromatic heterocycles. The molecule has 0 spiro atoms. The Bertz CT molecular complexity index is 226. The molecule has 0 radical (unpaired) electrons. The summed E-state index contributed by atoms with van der Waals surface area (Å²) < 4.78 is 10.5. The van der Waals surface area contributed by atoms with Crippen molar-refractivity contribution in [2.75, 3.05) is 20.3 Å². The molecule has 1 atom stereocenters. The van der Waals surface area contributed by atoms with Crippen LogP contribution in [0.4, 0.5) is 0 Å². The minimum atomic E-state index is -0.376. The second-order valence-corrected chi connectivity index (χ2v) is 3.03. The largest absolute Gasteiger partial charge is 0.377 e. The fourth-order valence-corrected chi connectivity index (χ4v) is 1.08. The minimum absolute atomic E-state index is 0.376. The molecule has 12 heavy (non-hydrogen) atoms. The first-order valence-electron chi connectivity index (χ1n) is 4.00. The van der Waals surface area contributed by atoms with Crippen LogP contribution in [0.15, 0.2) is 12.2 Å². The van der Waals surface area contributed by atoms with Crippen LogP contribution in [0.5, 0.6) is 0 Å². The fraction of sp³-hybridized carbons (Fsp3) is 0.600. The lowest BCUT2D eigenvalue weighted by molar-refractivity contribution is 0.0295. The highest BCUT2D eigenvalue weighted by Crippen LogP contribution is 2.21. The van der Waals surface area contributed by atoms with E-state index >= 15 is 0 Å². The molecular weight excluding hydrogens is 152 g/mol. The molecule has 0 saturated carbocycles. The Balaban J connectivity index is 2.69. The van der Waals surface area contributed by atoms with Gasteiger partial charge in [-0.25, -0.2) is 0 Å². The molecule has 1 saturated heterocycles. The number of allylic oxidation sites excluding steroid dienone is 1. The van der Waals surface area contributed by atoms with Crippen molar-refractivity contribution < 1.29 is 9.47 Å². The third-order valence-electron chi connectivity index (χ3n) is 1.88. The first-order valence-corrected chi connectivity index (χ1v) is 4.00. The predicted octanol–water partition coefficient (Wildman–Crippen LogP) is 1.37. The van der Waals surface area contributed by atoms with Gasteiger partial charge in [-0.3, -0.25) is 0 Å². The maximum absolute atomic E-state index is 5.31. The quantitative estimate of drug-likeness (QED) is 0.548. The molecule has 1 heterocycles. The fourth-order valence-electron chi connectivity index (χ4n) is 1.08. The van der Waals surface area contributed by atoms with E-state index in [9.17, 15) is 0 Å². The van der Waals surface area contributed by atoms with Crippen LogP contribution in [0.2, 0.25) is 0 Å². The number of rotatable bonds is 1. The van der Waals surface area contributed by atoms with E-state index in [1.807, 2.05) is 6.92 Å². The van der Waals surface area contributed by atoms with Gasteiger partial charge in [0.1, 0.15) is 0 Å². The van der Waals surface area contributed by atoms with Crippen LogP contribution in [0.25, 0.3) is 0 Å². The van der Waals surface area contributed by atoms with E-state index in [4.69, 9.17) is 9.47 Å². The van der Waals surface area contributed by atoms with Crippen molar-refractivity contribution >= 4 is 0 Å². The van der Waals surface area contributed by atoms with Gasteiger partial charge in [-0.05, 0) is 12.5 Å². The summed E-state index contributed by atoms with van der Waals surface area (Å²) >= 11 is 0. The van der Waals surface area contributed by atoms with Crippen molar-refractivity contribution in [1.29, 1.82) is 0 Å². The molecule has 0 amide bonds. The Morgan fingerprint density at radius 2 is 2.42 bits per heavy atom. The van der Waals surface area contributed by atoms with Gasteiger partial charge >= 0.3 is 0 Å². The third-order valence-corrected chi connectivity index (χ3v) is 1.88. The van der Waals surface area contributed by atoms with Crippen molar-refractivity contribution in [3.63, 3.8) is 0 Å². The normalized spacial score (nSPS) is 27.8. The van der Waals surface area contributed by atoms with Crippen molar-refractivity contribution in [2.24, 2.45) is 0 Å². The summed E-state index contributed by atoms with van der Waals surface area (Å²) in [5, 5.41) is 0. The maximum atomic E-state index is 5.31. The van der Waals surface area contributed by atoms with Crippen LogP contribution < -0.4 is 0 Å². The van der Waals surface area contributed by atoms with Gasteiger partial charge < -0.3 is 9.47 Å². The molecule has 1 unspecified atom stereocenters. The predicted molar refractivity (Wildman–Crippen MR) is 47.8 cm³/mol. The highest BCUT2D eigenvalue weighted by atomic mass is 16.5. The van der Waals surface area contributed by atoms with E-state index in [-0.39, 0.29) is 5.60 Å². The summed E-state index contributed by atoms with van der Waals surface area (Å²) in [6.07, 6.45) is 0.851. The molecule has 0 bridgehead atoms. The molecule has 0 aromatic carbocycles. The van der Waals surface area contributed by atoms with Crippen LogP contribution in [0.3, 0.4) is 0 Å². The third kappa shape index (κ3) is 2.10. The van der Waals surface area contributed by atoms with Crippen molar-refractivity contribution in [3.05, 3.63) is 12.2 Å². The Labute approximate surface area is 73.6 Å². The molecule has 1 aliphatic heterocycles. The van der Waals surface area contributed by atoms with Gasteiger partial charge in [0.25, 0.3) is 0 Å². The van der Waals surface area contributed by atoms with Crippen LogP contribution in [-0.4, -0.2) is 25.9 Å². The van der Waals surface area contributed by atoms with Crippen molar-refractivity contribution in [3.8, 4) is 11.8 Å². The topological polar surface area (TPSA) is 18.5 Å². The lowest BCUT2D eigenvalue weighted by atomic mass is 10.0. The molecule has 1 fully saturated rings. The first kappa shape index (κ1) is 9.31. The monoisotopic (exact) mass is 166 g/mol. The van der Waals surface area contributed by atoms with Gasteiger partial charge in [-0.2, -0.15) is 0 Å². The Morgan fingerprint density at radius 3 is 2.83 bits per heavy atom. The molecular formula is C10H14O2. The van der Waals surface area contributed by atoms with Gasteiger partial charge in [-0.15, -0.1) is 0 Å². The number of ether oxygens (including phenoxy) is 2. The van der Waals surface area contributed by atoms with Gasteiger partial charge in [0, 0.05) is 13.5 Å². The smallest absolute Gasteiger partial charge is 0.153 e. The summed E-state index contributed by atoms with van der Waals surface area (Å²) in [6, 6.07) is 0. The average molecular weight is 166 g/mol. The number of hydrogen-bond donors (Lipinski definition) is 0. The second kappa shape index (κ2) is 3.75. The highest BCUT2D eigenvalue weighted by molar-refractivity contribution is 5.28. The molecule has 1 rings (SSSR count). The summed E-state index contributed by atoms with van der Waals surface area (Å²) in [5.74, 6) is 5.98. The molecule has 2 heteroatoms. The van der Waals surface area contributed by atoms with Crippen LogP contribution in [0.1, 0.15) is 13.3 Å². The zero-order valence-electron chi connectivity index (χ0n) is 7.64. The zero-order valence-corrected chi connectivity index (χ0v) is 7.64. The molecule has 0 N–H and O–H groups in total. The van der Waals surface area contributed by atoms with E-state index in [2.05, 4.69) is 18.4 Å². The van der Waals surface area contributed by atoms with Crippen LogP contribution in [0, 0.1) is 11.8 Å². The van der Waals surface area contributed by atoms with E-state index in [1.165, 1.54) is 0 Å². The van der Waals surface area contributed by atoms with E-state index in [0.29, 0.717) is 6.61 Å².